The molecular weight excluding hydrogens is 336 g/mol. The fourth-order valence-electron chi connectivity index (χ4n) is 3.19. The van der Waals surface area contributed by atoms with Crippen LogP contribution in [0.4, 0.5) is 0 Å². The van der Waals surface area contributed by atoms with Crippen LogP contribution >= 0.6 is 0 Å². The lowest BCUT2D eigenvalue weighted by Gasteiger charge is -2.04. The molecule has 0 aliphatic rings. The molecule has 0 saturated heterocycles. The molecule has 1 aromatic heterocycles. The minimum absolute atomic E-state index is 0.0390. The Kier molecular flexibility index (Phi) is 4.62. The Morgan fingerprint density at radius 1 is 0.852 bits per heavy atom. The monoisotopic (exact) mass is 356 g/mol. The van der Waals surface area contributed by atoms with Crippen LogP contribution < -0.4 is 10.3 Å². The van der Waals surface area contributed by atoms with Crippen LogP contribution in [0.15, 0.2) is 89.7 Å². The van der Waals surface area contributed by atoms with Crippen LogP contribution in [-0.4, -0.2) is 16.9 Å². The molecule has 3 aromatic carbocycles. The number of aromatic amines is 1. The first-order valence-corrected chi connectivity index (χ1v) is 8.84. The lowest BCUT2D eigenvalue weighted by atomic mass is 10.0. The number of hydrogen-bond donors (Lipinski definition) is 1. The highest BCUT2D eigenvalue weighted by Gasteiger charge is 2.17. The second kappa shape index (κ2) is 7.38. The van der Waals surface area contributed by atoms with Crippen LogP contribution in [0.1, 0.15) is 11.1 Å². The summed E-state index contributed by atoms with van der Waals surface area (Å²) in [6.45, 7) is 0. The van der Waals surface area contributed by atoms with Crippen molar-refractivity contribution in [2.75, 3.05) is 7.11 Å². The van der Waals surface area contributed by atoms with Crippen LogP contribution in [-0.2, 0) is 6.42 Å². The Labute approximate surface area is 157 Å². The maximum absolute atomic E-state index is 13.2. The van der Waals surface area contributed by atoms with Crippen LogP contribution in [0.3, 0.4) is 0 Å². The summed E-state index contributed by atoms with van der Waals surface area (Å²) >= 11 is 0. The van der Waals surface area contributed by atoms with Gasteiger partial charge in [-0.2, -0.15) is 0 Å². The molecule has 27 heavy (non-hydrogen) atoms. The third-order valence-corrected chi connectivity index (χ3v) is 4.60. The number of rotatable bonds is 5. The maximum Gasteiger partial charge on any atom is 0.275 e. The summed E-state index contributed by atoms with van der Waals surface area (Å²) in [6.07, 6.45) is 0.573. The Hall–Kier alpha value is -3.53. The largest absolute Gasteiger partial charge is 0.497 e. The standard InChI is InChI=1S/C23H20N2O2/c1-27-20-14-12-19(13-15-20)25-23(26)21(16-17-8-4-2-5-9-17)22(24-25)18-10-6-3-7-11-18/h2-15,24H,16H2,1H3. The van der Waals surface area contributed by atoms with Crippen molar-refractivity contribution in [2.45, 2.75) is 6.42 Å². The summed E-state index contributed by atoms with van der Waals surface area (Å²) in [5.41, 5.74) is 4.43. The quantitative estimate of drug-likeness (QED) is 0.575. The van der Waals surface area contributed by atoms with E-state index in [0.717, 1.165) is 33.8 Å². The highest BCUT2D eigenvalue weighted by atomic mass is 16.5. The van der Waals surface area contributed by atoms with E-state index in [1.807, 2.05) is 84.9 Å². The molecule has 0 saturated carbocycles. The van der Waals surface area contributed by atoms with Crippen LogP contribution in [0.5, 0.6) is 5.75 Å². The van der Waals surface area contributed by atoms with E-state index in [1.54, 1.807) is 11.8 Å². The van der Waals surface area contributed by atoms with E-state index in [-0.39, 0.29) is 5.56 Å². The van der Waals surface area contributed by atoms with Crippen molar-refractivity contribution in [1.29, 1.82) is 0 Å². The second-order valence-corrected chi connectivity index (χ2v) is 6.33. The van der Waals surface area contributed by atoms with Gasteiger partial charge in [-0.25, -0.2) is 4.68 Å². The van der Waals surface area contributed by atoms with Crippen molar-refractivity contribution in [3.8, 4) is 22.7 Å². The molecule has 0 aliphatic carbocycles. The lowest BCUT2D eigenvalue weighted by Crippen LogP contribution is -2.17. The molecule has 0 bridgehead atoms. The van der Waals surface area contributed by atoms with Crippen molar-refractivity contribution >= 4 is 0 Å². The third-order valence-electron chi connectivity index (χ3n) is 4.60. The van der Waals surface area contributed by atoms with Gasteiger partial charge in [-0.1, -0.05) is 60.7 Å². The molecule has 4 nitrogen and oxygen atoms in total. The van der Waals surface area contributed by atoms with Gasteiger partial charge in [0, 0.05) is 12.0 Å². The second-order valence-electron chi connectivity index (χ2n) is 6.33. The Morgan fingerprint density at radius 3 is 2.11 bits per heavy atom. The minimum atomic E-state index is -0.0390. The molecule has 4 aromatic rings. The van der Waals surface area contributed by atoms with Crippen molar-refractivity contribution < 1.29 is 4.74 Å². The van der Waals surface area contributed by atoms with Crippen molar-refractivity contribution in [3.63, 3.8) is 0 Å². The predicted octanol–water partition coefficient (Wildman–Crippen LogP) is 4.43. The zero-order valence-corrected chi connectivity index (χ0v) is 15.1. The Balaban J connectivity index is 1.85. The fourth-order valence-corrected chi connectivity index (χ4v) is 3.19. The molecule has 0 aliphatic heterocycles. The summed E-state index contributed by atoms with van der Waals surface area (Å²) < 4.78 is 6.81. The third kappa shape index (κ3) is 3.42. The molecule has 0 spiro atoms. The first-order valence-electron chi connectivity index (χ1n) is 8.84. The van der Waals surface area contributed by atoms with Gasteiger partial charge in [-0.3, -0.25) is 9.89 Å². The van der Waals surface area contributed by atoms with Gasteiger partial charge in [0.2, 0.25) is 0 Å². The van der Waals surface area contributed by atoms with Crippen LogP contribution in [0.2, 0.25) is 0 Å². The summed E-state index contributed by atoms with van der Waals surface area (Å²) in [7, 11) is 1.63. The van der Waals surface area contributed by atoms with E-state index < -0.39 is 0 Å². The highest BCUT2D eigenvalue weighted by molar-refractivity contribution is 5.64. The minimum Gasteiger partial charge on any atom is -0.497 e. The normalized spacial score (nSPS) is 10.7. The summed E-state index contributed by atoms with van der Waals surface area (Å²) in [6, 6.07) is 27.4. The molecule has 4 rings (SSSR count). The number of methoxy groups -OCH3 is 1. The van der Waals surface area contributed by atoms with Crippen LogP contribution in [0, 0.1) is 0 Å². The van der Waals surface area contributed by atoms with Gasteiger partial charge in [0.1, 0.15) is 5.75 Å². The number of H-pyrrole nitrogens is 1. The first kappa shape index (κ1) is 16.9. The molecule has 0 atom stereocenters. The Morgan fingerprint density at radius 2 is 1.48 bits per heavy atom. The molecular formula is C23H20N2O2. The average Bonchev–Trinajstić information content (AvgIpc) is 3.06. The van der Waals surface area contributed by atoms with Gasteiger partial charge < -0.3 is 4.74 Å². The van der Waals surface area contributed by atoms with Crippen molar-refractivity contribution in [2.24, 2.45) is 0 Å². The number of aromatic nitrogens is 2. The van der Waals surface area contributed by atoms with Gasteiger partial charge in [0.05, 0.1) is 18.5 Å². The SMILES string of the molecule is COc1ccc(-n2[nH]c(-c3ccccc3)c(Cc3ccccc3)c2=O)cc1. The van der Waals surface area contributed by atoms with E-state index in [4.69, 9.17) is 4.74 Å². The fraction of sp³-hybridized carbons (Fsp3) is 0.0870. The summed E-state index contributed by atoms with van der Waals surface area (Å²) in [4.78, 5) is 13.2. The highest BCUT2D eigenvalue weighted by Crippen LogP contribution is 2.23. The number of hydrogen-bond acceptors (Lipinski definition) is 2. The predicted molar refractivity (Wildman–Crippen MR) is 108 cm³/mol. The molecule has 1 N–H and O–H groups in total. The van der Waals surface area contributed by atoms with E-state index >= 15 is 0 Å². The first-order chi connectivity index (χ1) is 13.3. The molecule has 0 amide bonds. The van der Waals surface area contributed by atoms with Crippen LogP contribution in [0.25, 0.3) is 16.9 Å². The van der Waals surface area contributed by atoms with E-state index in [1.165, 1.54) is 0 Å². The van der Waals surface area contributed by atoms with Gasteiger partial charge in [-0.05, 0) is 35.4 Å². The van der Waals surface area contributed by atoms with E-state index in [2.05, 4.69) is 5.10 Å². The molecule has 1 heterocycles. The number of ether oxygens (including phenoxy) is 1. The molecule has 0 radical (unpaired) electrons. The van der Waals surface area contributed by atoms with Gasteiger partial charge in [-0.15, -0.1) is 0 Å². The smallest absolute Gasteiger partial charge is 0.275 e. The molecule has 134 valence electrons. The number of benzene rings is 3. The summed E-state index contributed by atoms with van der Waals surface area (Å²) in [5, 5.41) is 3.30. The van der Waals surface area contributed by atoms with E-state index in [0.29, 0.717) is 6.42 Å². The van der Waals surface area contributed by atoms with Crippen molar-refractivity contribution in [3.05, 3.63) is 106 Å². The summed E-state index contributed by atoms with van der Waals surface area (Å²) in [5.74, 6) is 0.756. The Bertz CT molecular complexity index is 1080. The zero-order valence-electron chi connectivity index (χ0n) is 15.1. The topological polar surface area (TPSA) is 47.0 Å². The lowest BCUT2D eigenvalue weighted by molar-refractivity contribution is 0.414. The number of nitrogens with one attached hydrogen (secondary N) is 1. The maximum atomic E-state index is 13.2. The molecule has 4 heteroatoms. The average molecular weight is 356 g/mol. The number of nitrogens with zero attached hydrogens (tertiary/aromatic N) is 1. The zero-order chi connectivity index (χ0) is 18.6. The van der Waals surface area contributed by atoms with Gasteiger partial charge >= 0.3 is 0 Å². The van der Waals surface area contributed by atoms with Crippen molar-refractivity contribution in [1.82, 2.24) is 9.78 Å². The molecule has 0 fully saturated rings. The van der Waals surface area contributed by atoms with Gasteiger partial charge in [0.15, 0.2) is 0 Å². The van der Waals surface area contributed by atoms with E-state index in [9.17, 15) is 4.79 Å². The van der Waals surface area contributed by atoms with Gasteiger partial charge in [0.25, 0.3) is 5.56 Å². The molecule has 0 unspecified atom stereocenters.